The summed E-state index contributed by atoms with van der Waals surface area (Å²) in [4.78, 5) is 9.80. The molecule has 8 nitrogen and oxygen atoms in total. The van der Waals surface area contributed by atoms with E-state index in [0.717, 1.165) is 0 Å². The Labute approximate surface area is 116 Å². The fourth-order valence-corrected chi connectivity index (χ4v) is 3.56. The van der Waals surface area contributed by atoms with Crippen LogP contribution in [0.15, 0.2) is 23.1 Å². The monoisotopic (exact) mass is 301 g/mol. The van der Waals surface area contributed by atoms with Crippen LogP contribution >= 0.6 is 0 Å². The van der Waals surface area contributed by atoms with E-state index in [1.54, 1.807) is 0 Å². The third-order valence-electron chi connectivity index (χ3n) is 3.05. The van der Waals surface area contributed by atoms with Crippen molar-refractivity contribution in [1.82, 2.24) is 4.72 Å². The van der Waals surface area contributed by atoms with Crippen molar-refractivity contribution in [2.24, 2.45) is 0 Å². The second-order valence-corrected chi connectivity index (χ2v) is 6.14. The Morgan fingerprint density at radius 3 is 2.60 bits per heavy atom. The first-order chi connectivity index (χ1) is 9.42. The van der Waals surface area contributed by atoms with Gasteiger partial charge in [-0.25, -0.2) is 13.1 Å². The van der Waals surface area contributed by atoms with Crippen molar-refractivity contribution in [2.45, 2.75) is 23.8 Å². The Bertz CT molecular complexity index is 610. The molecule has 3 N–H and O–H groups in total. The van der Waals surface area contributed by atoms with Crippen molar-refractivity contribution >= 4 is 21.4 Å². The molecule has 0 unspecified atom stereocenters. The van der Waals surface area contributed by atoms with Crippen molar-refractivity contribution in [1.29, 1.82) is 0 Å². The lowest BCUT2D eigenvalue weighted by Crippen LogP contribution is -2.39. The molecule has 1 aromatic carbocycles. The van der Waals surface area contributed by atoms with E-state index in [1.807, 2.05) is 0 Å². The number of rotatable bonds is 4. The molecule has 9 heteroatoms. The van der Waals surface area contributed by atoms with E-state index < -0.39 is 25.5 Å². The van der Waals surface area contributed by atoms with Gasteiger partial charge in [-0.05, 0) is 25.0 Å². The number of nitrogens with two attached hydrogens (primary N) is 1. The molecular formula is C11H15N3O5S. The minimum absolute atomic E-state index is 0.176. The number of benzene rings is 1. The van der Waals surface area contributed by atoms with Gasteiger partial charge >= 0.3 is 5.69 Å². The Balaban J connectivity index is 2.34. The second kappa shape index (κ2) is 5.73. The predicted octanol–water partition coefficient (Wildman–Crippen LogP) is 0.634. The highest BCUT2D eigenvalue weighted by atomic mass is 32.2. The zero-order valence-corrected chi connectivity index (χ0v) is 11.4. The third kappa shape index (κ3) is 3.06. The lowest BCUT2D eigenvalue weighted by molar-refractivity contribution is -0.386. The molecule has 1 aromatic rings. The average molecular weight is 301 g/mol. The number of anilines is 1. The molecule has 0 aliphatic carbocycles. The molecule has 0 amide bonds. The predicted molar refractivity (Wildman–Crippen MR) is 71.7 cm³/mol. The average Bonchev–Trinajstić information content (AvgIpc) is 2.38. The number of hydrogen-bond donors (Lipinski definition) is 2. The van der Waals surface area contributed by atoms with Gasteiger partial charge in [0.2, 0.25) is 10.0 Å². The summed E-state index contributed by atoms with van der Waals surface area (Å²) in [5.74, 6) is 0. The summed E-state index contributed by atoms with van der Waals surface area (Å²) in [6.07, 6.45) is 1.07. The molecule has 0 saturated carbocycles. The van der Waals surface area contributed by atoms with Gasteiger partial charge in [0, 0.05) is 19.3 Å². The molecule has 20 heavy (non-hydrogen) atoms. The topological polar surface area (TPSA) is 125 Å². The van der Waals surface area contributed by atoms with E-state index in [0.29, 0.717) is 26.1 Å². The maximum atomic E-state index is 12.3. The molecule has 2 rings (SSSR count). The van der Waals surface area contributed by atoms with Crippen LogP contribution in [0.3, 0.4) is 0 Å². The number of nitrogens with zero attached hydrogens (tertiary/aromatic N) is 1. The Morgan fingerprint density at radius 2 is 2.00 bits per heavy atom. The summed E-state index contributed by atoms with van der Waals surface area (Å²) >= 11 is 0. The number of hydrogen-bond acceptors (Lipinski definition) is 6. The van der Waals surface area contributed by atoms with Gasteiger partial charge in [-0.3, -0.25) is 10.1 Å². The van der Waals surface area contributed by atoms with Gasteiger partial charge in [-0.1, -0.05) is 6.07 Å². The lowest BCUT2D eigenvalue weighted by atomic mass is 10.1. The highest BCUT2D eigenvalue weighted by Gasteiger charge is 2.30. The Hall–Kier alpha value is -1.71. The van der Waals surface area contributed by atoms with Crippen LogP contribution < -0.4 is 10.5 Å². The van der Waals surface area contributed by atoms with Crippen molar-refractivity contribution in [3.63, 3.8) is 0 Å². The fraction of sp³-hybridized carbons (Fsp3) is 0.455. The lowest BCUT2D eigenvalue weighted by Gasteiger charge is -2.22. The summed E-state index contributed by atoms with van der Waals surface area (Å²) in [5.41, 5.74) is 4.73. The van der Waals surface area contributed by atoms with Crippen LogP contribution in [0.5, 0.6) is 0 Å². The number of nitrogens with one attached hydrogen (secondary N) is 1. The zero-order chi connectivity index (χ0) is 14.8. The molecule has 0 atom stereocenters. The van der Waals surface area contributed by atoms with E-state index in [-0.39, 0.29) is 11.7 Å². The summed E-state index contributed by atoms with van der Waals surface area (Å²) in [7, 11) is -3.99. The molecular weight excluding hydrogens is 286 g/mol. The largest absolute Gasteiger partial charge is 0.393 e. The fourth-order valence-electron chi connectivity index (χ4n) is 2.05. The van der Waals surface area contributed by atoms with Gasteiger partial charge in [0.25, 0.3) is 0 Å². The van der Waals surface area contributed by atoms with Crippen LogP contribution in [0.1, 0.15) is 12.8 Å². The summed E-state index contributed by atoms with van der Waals surface area (Å²) in [6.45, 7) is 0.929. The van der Waals surface area contributed by atoms with Crippen molar-refractivity contribution < 1.29 is 18.1 Å². The summed E-state index contributed by atoms with van der Waals surface area (Å²) in [5, 5.41) is 11.0. The van der Waals surface area contributed by atoms with Gasteiger partial charge in [0.15, 0.2) is 4.90 Å². The molecule has 1 heterocycles. The van der Waals surface area contributed by atoms with Crippen LogP contribution in [-0.2, 0) is 14.8 Å². The quantitative estimate of drug-likeness (QED) is 0.477. The molecule has 1 aliphatic rings. The first kappa shape index (κ1) is 14.7. The molecule has 0 spiro atoms. The Kier molecular flexibility index (Phi) is 4.21. The van der Waals surface area contributed by atoms with Gasteiger partial charge in [-0.15, -0.1) is 0 Å². The molecule has 0 radical (unpaired) electrons. The SMILES string of the molecule is Nc1cccc(S(=O)(=O)NC2CCOCC2)c1[N+](=O)[O-]. The van der Waals surface area contributed by atoms with Gasteiger partial charge in [-0.2, -0.15) is 0 Å². The second-order valence-electron chi connectivity index (χ2n) is 4.46. The summed E-state index contributed by atoms with van der Waals surface area (Å²) in [6, 6.07) is 3.57. The number of nitrogen functional groups attached to an aromatic ring is 1. The van der Waals surface area contributed by atoms with Gasteiger partial charge in [0.1, 0.15) is 5.69 Å². The van der Waals surface area contributed by atoms with E-state index in [4.69, 9.17) is 10.5 Å². The number of para-hydroxylation sites is 1. The number of nitro benzene ring substituents is 1. The maximum Gasteiger partial charge on any atom is 0.312 e. The van der Waals surface area contributed by atoms with E-state index in [9.17, 15) is 18.5 Å². The normalized spacial score (nSPS) is 17.0. The molecule has 1 fully saturated rings. The number of sulfonamides is 1. The van der Waals surface area contributed by atoms with Crippen molar-refractivity contribution in [2.75, 3.05) is 18.9 Å². The van der Waals surface area contributed by atoms with Crippen LogP contribution in [-0.4, -0.2) is 32.6 Å². The van der Waals surface area contributed by atoms with Crippen LogP contribution in [0.4, 0.5) is 11.4 Å². The van der Waals surface area contributed by atoms with Crippen molar-refractivity contribution in [3.8, 4) is 0 Å². The minimum Gasteiger partial charge on any atom is -0.393 e. The zero-order valence-electron chi connectivity index (χ0n) is 10.6. The van der Waals surface area contributed by atoms with Crippen LogP contribution in [0, 0.1) is 10.1 Å². The van der Waals surface area contributed by atoms with Crippen molar-refractivity contribution in [3.05, 3.63) is 28.3 Å². The number of nitro groups is 1. The number of ether oxygens (including phenoxy) is 1. The summed E-state index contributed by atoms with van der Waals surface area (Å²) < 4.78 is 32.1. The molecule has 1 saturated heterocycles. The highest BCUT2D eigenvalue weighted by Crippen LogP contribution is 2.30. The van der Waals surface area contributed by atoms with Gasteiger partial charge < -0.3 is 10.5 Å². The first-order valence-electron chi connectivity index (χ1n) is 6.05. The maximum absolute atomic E-state index is 12.3. The molecule has 1 aliphatic heterocycles. The van der Waals surface area contributed by atoms with Gasteiger partial charge in [0.05, 0.1) is 4.92 Å². The first-order valence-corrected chi connectivity index (χ1v) is 7.53. The van der Waals surface area contributed by atoms with Crippen LogP contribution in [0.25, 0.3) is 0 Å². The van der Waals surface area contributed by atoms with E-state index in [2.05, 4.69) is 4.72 Å². The van der Waals surface area contributed by atoms with E-state index in [1.165, 1.54) is 18.2 Å². The molecule has 110 valence electrons. The molecule has 0 bridgehead atoms. The minimum atomic E-state index is -3.99. The van der Waals surface area contributed by atoms with Crippen LogP contribution in [0.2, 0.25) is 0 Å². The highest BCUT2D eigenvalue weighted by molar-refractivity contribution is 7.89. The smallest absolute Gasteiger partial charge is 0.312 e. The Morgan fingerprint density at radius 1 is 1.35 bits per heavy atom. The van der Waals surface area contributed by atoms with E-state index >= 15 is 0 Å². The molecule has 0 aromatic heterocycles. The third-order valence-corrected chi connectivity index (χ3v) is 4.60. The standard InChI is InChI=1S/C11H15N3O5S/c12-9-2-1-3-10(11(9)14(15)16)20(17,18)13-8-4-6-19-7-5-8/h1-3,8,13H,4-7,12H2.